The maximum absolute atomic E-state index is 11.9. The van der Waals surface area contributed by atoms with E-state index in [-0.39, 0.29) is 0 Å². The molecule has 0 saturated heterocycles. The number of sulfone groups is 1. The average molecular weight is 275 g/mol. The summed E-state index contributed by atoms with van der Waals surface area (Å²) in [7, 11) is -2.80. The molecule has 1 aliphatic carbocycles. The van der Waals surface area contributed by atoms with Crippen LogP contribution in [0.5, 0.6) is 0 Å². The second kappa shape index (κ2) is 8.16. The standard InChI is InChI=1S/C14H29NO2S/c1-3-15-13(2)8-6-7-11-18(16,17)12-14-9-4-5-10-14/h13-15H,3-12H2,1-2H3. The predicted octanol–water partition coefficient (Wildman–Crippen LogP) is 2.76. The van der Waals surface area contributed by atoms with Crippen molar-refractivity contribution in [2.75, 3.05) is 18.1 Å². The molecule has 0 heterocycles. The highest BCUT2D eigenvalue weighted by atomic mass is 32.2. The fourth-order valence-electron chi connectivity index (χ4n) is 2.84. The van der Waals surface area contributed by atoms with Crippen LogP contribution in [0.2, 0.25) is 0 Å². The number of unbranched alkanes of at least 4 members (excludes halogenated alkanes) is 1. The van der Waals surface area contributed by atoms with E-state index >= 15 is 0 Å². The molecule has 1 aliphatic rings. The van der Waals surface area contributed by atoms with E-state index in [1.165, 1.54) is 12.8 Å². The molecule has 108 valence electrons. The van der Waals surface area contributed by atoms with Gasteiger partial charge in [-0.1, -0.05) is 26.2 Å². The molecule has 3 nitrogen and oxygen atoms in total. The molecule has 0 aromatic heterocycles. The van der Waals surface area contributed by atoms with Crippen LogP contribution in [0, 0.1) is 5.92 Å². The smallest absolute Gasteiger partial charge is 0.150 e. The first-order valence-corrected chi connectivity index (χ1v) is 9.29. The molecule has 18 heavy (non-hydrogen) atoms. The Kier molecular flexibility index (Phi) is 7.23. The molecule has 0 aromatic rings. The maximum Gasteiger partial charge on any atom is 0.150 e. The highest BCUT2D eigenvalue weighted by Gasteiger charge is 2.22. The minimum atomic E-state index is -2.80. The molecular weight excluding hydrogens is 246 g/mol. The maximum atomic E-state index is 11.9. The van der Waals surface area contributed by atoms with Crippen molar-refractivity contribution in [2.24, 2.45) is 5.92 Å². The van der Waals surface area contributed by atoms with E-state index in [0.29, 0.717) is 23.5 Å². The molecule has 0 bridgehead atoms. The van der Waals surface area contributed by atoms with Crippen molar-refractivity contribution < 1.29 is 8.42 Å². The van der Waals surface area contributed by atoms with Crippen LogP contribution in [0.25, 0.3) is 0 Å². The van der Waals surface area contributed by atoms with Crippen LogP contribution < -0.4 is 5.32 Å². The van der Waals surface area contributed by atoms with Crippen molar-refractivity contribution in [3.05, 3.63) is 0 Å². The molecule has 1 fully saturated rings. The van der Waals surface area contributed by atoms with Gasteiger partial charge in [-0.05, 0) is 45.1 Å². The van der Waals surface area contributed by atoms with E-state index in [0.717, 1.165) is 38.6 Å². The molecule has 0 amide bonds. The molecule has 0 spiro atoms. The van der Waals surface area contributed by atoms with Gasteiger partial charge in [-0.2, -0.15) is 0 Å². The highest BCUT2D eigenvalue weighted by Crippen LogP contribution is 2.26. The Balaban J connectivity index is 2.13. The Labute approximate surface area is 113 Å². The van der Waals surface area contributed by atoms with Crippen molar-refractivity contribution in [2.45, 2.75) is 64.8 Å². The monoisotopic (exact) mass is 275 g/mol. The van der Waals surface area contributed by atoms with E-state index in [1.54, 1.807) is 0 Å². The summed E-state index contributed by atoms with van der Waals surface area (Å²) in [6.07, 6.45) is 7.60. The van der Waals surface area contributed by atoms with Gasteiger partial charge in [-0.15, -0.1) is 0 Å². The van der Waals surface area contributed by atoms with E-state index in [2.05, 4.69) is 19.2 Å². The summed E-state index contributed by atoms with van der Waals surface area (Å²) in [6, 6.07) is 0.507. The molecule has 1 atom stereocenters. The van der Waals surface area contributed by atoms with Crippen LogP contribution in [-0.2, 0) is 9.84 Å². The third-order valence-electron chi connectivity index (χ3n) is 3.86. The lowest BCUT2D eigenvalue weighted by atomic mass is 10.1. The summed E-state index contributed by atoms with van der Waals surface area (Å²) in [5, 5.41) is 3.35. The fourth-order valence-corrected chi connectivity index (χ4v) is 4.70. The summed E-state index contributed by atoms with van der Waals surface area (Å²) < 4.78 is 23.9. The second-order valence-electron chi connectivity index (χ2n) is 5.72. The van der Waals surface area contributed by atoms with Crippen LogP contribution in [0.4, 0.5) is 0 Å². The summed E-state index contributed by atoms with van der Waals surface area (Å²) in [5.74, 6) is 1.29. The normalized spacial score (nSPS) is 19.2. The van der Waals surface area contributed by atoms with Gasteiger partial charge in [0.25, 0.3) is 0 Å². The molecule has 1 unspecified atom stereocenters. The number of rotatable bonds is 9. The van der Waals surface area contributed by atoms with Gasteiger partial charge in [0.05, 0.1) is 11.5 Å². The number of hydrogen-bond acceptors (Lipinski definition) is 3. The third kappa shape index (κ3) is 6.74. The molecule has 0 radical (unpaired) electrons. The average Bonchev–Trinajstić information content (AvgIpc) is 2.77. The minimum absolute atomic E-state index is 0.391. The number of hydrogen-bond donors (Lipinski definition) is 1. The quantitative estimate of drug-likeness (QED) is 0.658. The molecule has 0 aliphatic heterocycles. The predicted molar refractivity (Wildman–Crippen MR) is 77.6 cm³/mol. The Bertz CT molecular complexity index is 308. The molecule has 1 N–H and O–H groups in total. The zero-order valence-electron chi connectivity index (χ0n) is 12.0. The van der Waals surface area contributed by atoms with Crippen molar-refractivity contribution in [1.29, 1.82) is 0 Å². The second-order valence-corrected chi connectivity index (χ2v) is 7.95. The molecule has 1 saturated carbocycles. The first-order chi connectivity index (χ1) is 8.53. The van der Waals surface area contributed by atoms with E-state index in [4.69, 9.17) is 0 Å². The van der Waals surface area contributed by atoms with Gasteiger partial charge in [0.1, 0.15) is 0 Å². The van der Waals surface area contributed by atoms with E-state index < -0.39 is 9.84 Å². The topological polar surface area (TPSA) is 46.2 Å². The van der Waals surface area contributed by atoms with Gasteiger partial charge in [0, 0.05) is 6.04 Å². The molecule has 4 heteroatoms. The first-order valence-electron chi connectivity index (χ1n) is 7.47. The van der Waals surface area contributed by atoms with Gasteiger partial charge < -0.3 is 5.32 Å². The van der Waals surface area contributed by atoms with Crippen molar-refractivity contribution in [1.82, 2.24) is 5.32 Å². The Hall–Kier alpha value is -0.0900. The molecule has 0 aromatic carbocycles. The SMILES string of the molecule is CCNC(C)CCCCS(=O)(=O)CC1CCCC1. The Morgan fingerprint density at radius 1 is 1.22 bits per heavy atom. The third-order valence-corrected chi connectivity index (χ3v) is 5.75. The zero-order chi connectivity index (χ0) is 13.4. The van der Waals surface area contributed by atoms with Crippen LogP contribution in [-0.4, -0.2) is 32.5 Å². The van der Waals surface area contributed by atoms with Crippen molar-refractivity contribution in [3.8, 4) is 0 Å². The summed E-state index contributed by atoms with van der Waals surface area (Å²) in [5.41, 5.74) is 0. The summed E-state index contributed by atoms with van der Waals surface area (Å²) >= 11 is 0. The van der Waals surface area contributed by atoms with Crippen LogP contribution >= 0.6 is 0 Å². The lowest BCUT2D eigenvalue weighted by Gasteiger charge is -2.12. The van der Waals surface area contributed by atoms with Gasteiger partial charge in [-0.25, -0.2) is 8.42 Å². The van der Waals surface area contributed by atoms with Gasteiger partial charge in [0.15, 0.2) is 9.84 Å². The summed E-state index contributed by atoms with van der Waals surface area (Å²) in [6.45, 7) is 5.25. The lowest BCUT2D eigenvalue weighted by Crippen LogP contribution is -2.25. The van der Waals surface area contributed by atoms with E-state index in [1.807, 2.05) is 0 Å². The van der Waals surface area contributed by atoms with Gasteiger partial charge >= 0.3 is 0 Å². The van der Waals surface area contributed by atoms with Crippen molar-refractivity contribution >= 4 is 9.84 Å². The first kappa shape index (κ1) is 16.0. The fraction of sp³-hybridized carbons (Fsp3) is 1.00. The Morgan fingerprint density at radius 2 is 1.89 bits per heavy atom. The van der Waals surface area contributed by atoms with Crippen molar-refractivity contribution in [3.63, 3.8) is 0 Å². The number of nitrogens with one attached hydrogen (secondary N) is 1. The summed E-state index contributed by atoms with van der Waals surface area (Å²) in [4.78, 5) is 0. The zero-order valence-corrected chi connectivity index (χ0v) is 12.8. The molecule has 1 rings (SSSR count). The Morgan fingerprint density at radius 3 is 2.50 bits per heavy atom. The van der Waals surface area contributed by atoms with Crippen LogP contribution in [0.1, 0.15) is 58.8 Å². The van der Waals surface area contributed by atoms with Gasteiger partial charge in [-0.3, -0.25) is 0 Å². The molecular formula is C14H29NO2S. The highest BCUT2D eigenvalue weighted by molar-refractivity contribution is 7.91. The van der Waals surface area contributed by atoms with Gasteiger partial charge in [0.2, 0.25) is 0 Å². The largest absolute Gasteiger partial charge is 0.315 e. The minimum Gasteiger partial charge on any atom is -0.315 e. The van der Waals surface area contributed by atoms with Crippen LogP contribution in [0.3, 0.4) is 0 Å². The van der Waals surface area contributed by atoms with E-state index in [9.17, 15) is 8.42 Å². The lowest BCUT2D eigenvalue weighted by molar-refractivity contribution is 0.506. The van der Waals surface area contributed by atoms with Crippen LogP contribution in [0.15, 0.2) is 0 Å².